The van der Waals surface area contributed by atoms with Gasteiger partial charge in [-0.05, 0) is 37.5 Å². The molecule has 6 heteroatoms. The molecule has 1 aromatic rings. The Morgan fingerprint density at radius 1 is 1.48 bits per heavy atom. The monoisotopic (exact) mass is 292 g/mol. The van der Waals surface area contributed by atoms with E-state index in [1.807, 2.05) is 0 Å². The summed E-state index contributed by atoms with van der Waals surface area (Å²) in [6.45, 7) is 1.56. The lowest BCUT2D eigenvalue weighted by atomic mass is 10.1. The largest absolute Gasteiger partial charge is 0.358 e. The number of hydrogen-bond donors (Lipinski definition) is 2. The zero-order chi connectivity index (χ0) is 15.4. The maximum absolute atomic E-state index is 12.9. The van der Waals surface area contributed by atoms with E-state index in [4.69, 9.17) is 10.5 Å². The Hall–Kier alpha value is -2.10. The third-order valence-corrected chi connectivity index (χ3v) is 3.31. The van der Waals surface area contributed by atoms with Gasteiger partial charge in [-0.1, -0.05) is 24.0 Å². The molecule has 1 heterocycles. The van der Waals surface area contributed by atoms with Crippen LogP contribution in [0.3, 0.4) is 0 Å². The summed E-state index contributed by atoms with van der Waals surface area (Å²) < 4.78 is 18.6. The summed E-state index contributed by atoms with van der Waals surface area (Å²) in [7, 11) is 0. The molecule has 112 valence electrons. The first-order valence-corrected chi connectivity index (χ1v) is 6.67. The van der Waals surface area contributed by atoms with Gasteiger partial charge in [0, 0.05) is 0 Å². The number of nitrogens with two attached hydrogens (primary N) is 1. The van der Waals surface area contributed by atoms with Crippen LogP contribution in [0.5, 0.6) is 0 Å². The van der Waals surface area contributed by atoms with E-state index in [1.54, 1.807) is 19.1 Å². The average Bonchev–Trinajstić information content (AvgIpc) is 2.93. The van der Waals surface area contributed by atoms with E-state index in [-0.39, 0.29) is 18.0 Å². The molecular formula is C15H17FN2O3. The van der Waals surface area contributed by atoms with Gasteiger partial charge in [-0.25, -0.2) is 9.18 Å². The van der Waals surface area contributed by atoms with Gasteiger partial charge in [-0.2, -0.15) is 5.06 Å². The summed E-state index contributed by atoms with van der Waals surface area (Å²) in [5.41, 5.74) is 5.85. The summed E-state index contributed by atoms with van der Waals surface area (Å²) in [5, 5.41) is 9.68. The maximum Gasteiger partial charge on any atom is 0.339 e. The van der Waals surface area contributed by atoms with E-state index >= 15 is 0 Å². The molecule has 3 N–H and O–H groups in total. The van der Waals surface area contributed by atoms with E-state index in [0.29, 0.717) is 5.06 Å². The molecule has 21 heavy (non-hydrogen) atoms. The Bertz CT molecular complexity index is 565. The number of primary amides is 1. The molecule has 2 unspecified atom stereocenters. The molecule has 0 radical (unpaired) electrons. The van der Waals surface area contributed by atoms with Crippen LogP contribution in [-0.4, -0.2) is 28.4 Å². The Morgan fingerprint density at radius 2 is 2.14 bits per heavy atom. The lowest BCUT2D eigenvalue weighted by Crippen LogP contribution is -2.38. The second kappa shape index (κ2) is 6.57. The summed E-state index contributed by atoms with van der Waals surface area (Å²) in [4.78, 5) is 10.8. The van der Waals surface area contributed by atoms with E-state index < -0.39 is 12.1 Å². The van der Waals surface area contributed by atoms with Crippen LogP contribution in [0.25, 0.3) is 0 Å². The zero-order valence-electron chi connectivity index (χ0n) is 11.6. The van der Waals surface area contributed by atoms with Gasteiger partial charge in [-0.3, -0.25) is 5.21 Å². The minimum atomic E-state index is -0.951. The Kier molecular flexibility index (Phi) is 4.78. The number of halogens is 1. The Morgan fingerprint density at radius 3 is 2.76 bits per heavy atom. The predicted octanol–water partition coefficient (Wildman–Crippen LogP) is 2.21. The molecular weight excluding hydrogens is 275 g/mol. The average molecular weight is 292 g/mol. The number of rotatable bonds is 2. The van der Waals surface area contributed by atoms with Crippen LogP contribution in [-0.2, 0) is 4.74 Å². The van der Waals surface area contributed by atoms with Gasteiger partial charge in [-0.15, -0.1) is 0 Å². The Balaban J connectivity index is 1.94. The van der Waals surface area contributed by atoms with Crippen LogP contribution in [0, 0.1) is 17.7 Å². The first kappa shape index (κ1) is 15.3. The van der Waals surface area contributed by atoms with Crippen molar-refractivity contribution in [3.63, 3.8) is 0 Å². The molecule has 5 nitrogen and oxygen atoms in total. The normalized spacial score (nSPS) is 22.2. The molecule has 1 aliphatic heterocycles. The summed E-state index contributed by atoms with van der Waals surface area (Å²) in [5.74, 6) is 5.32. The van der Waals surface area contributed by atoms with E-state index in [0.717, 1.165) is 18.4 Å². The second-order valence-electron chi connectivity index (χ2n) is 4.89. The molecule has 0 saturated carbocycles. The number of urea groups is 1. The number of amides is 2. The highest BCUT2D eigenvalue weighted by molar-refractivity contribution is 5.71. The number of carbonyl (C=O) groups is 1. The first-order chi connectivity index (χ1) is 9.97. The number of carbonyl (C=O) groups excluding carboxylic acids is 1. The zero-order valence-corrected chi connectivity index (χ0v) is 11.6. The molecule has 1 aliphatic rings. The number of benzene rings is 1. The highest BCUT2D eigenvalue weighted by Gasteiger charge is 2.25. The van der Waals surface area contributed by atoms with Crippen molar-refractivity contribution in [2.24, 2.45) is 5.73 Å². The van der Waals surface area contributed by atoms with Crippen molar-refractivity contribution in [3.8, 4) is 11.8 Å². The predicted molar refractivity (Wildman–Crippen MR) is 73.7 cm³/mol. The van der Waals surface area contributed by atoms with Crippen LogP contribution in [0.2, 0.25) is 0 Å². The van der Waals surface area contributed by atoms with Crippen molar-refractivity contribution in [1.82, 2.24) is 5.06 Å². The van der Waals surface area contributed by atoms with Crippen LogP contribution in [0.15, 0.2) is 24.3 Å². The standard InChI is InChI=1S/C15H17FN2O3/c1-10(18(20)15(17)19)2-7-13-8-9-14(21-13)11-3-5-12(16)6-4-11/h3-6,10,13-14,20H,8-9H2,1H3,(H2,17,19)/t10-,13?,14?/m0/s1. The number of hydroxylamine groups is 2. The van der Waals surface area contributed by atoms with Crippen molar-refractivity contribution in [3.05, 3.63) is 35.6 Å². The molecule has 1 fully saturated rings. The van der Waals surface area contributed by atoms with Gasteiger partial charge in [0.1, 0.15) is 18.0 Å². The maximum atomic E-state index is 12.9. The van der Waals surface area contributed by atoms with Crippen molar-refractivity contribution in [2.75, 3.05) is 0 Å². The quantitative estimate of drug-likeness (QED) is 0.498. The van der Waals surface area contributed by atoms with Crippen LogP contribution in [0.4, 0.5) is 9.18 Å². The highest BCUT2D eigenvalue weighted by atomic mass is 19.1. The van der Waals surface area contributed by atoms with Gasteiger partial charge in [0.15, 0.2) is 0 Å². The fourth-order valence-corrected chi connectivity index (χ4v) is 2.13. The minimum absolute atomic E-state index is 0.110. The fraction of sp³-hybridized carbons (Fsp3) is 0.400. The van der Waals surface area contributed by atoms with E-state index in [1.165, 1.54) is 12.1 Å². The number of hydrogen-bond acceptors (Lipinski definition) is 3. The SMILES string of the molecule is C[C@@H](C#CC1CCC(c2ccc(F)cc2)O1)N(O)C(N)=O. The third kappa shape index (κ3) is 3.94. The van der Waals surface area contributed by atoms with Crippen molar-refractivity contribution in [1.29, 1.82) is 0 Å². The number of nitrogens with zero attached hydrogens (tertiary/aromatic N) is 1. The first-order valence-electron chi connectivity index (χ1n) is 6.67. The summed E-state index contributed by atoms with van der Waals surface area (Å²) in [6, 6.07) is 4.54. The minimum Gasteiger partial charge on any atom is -0.358 e. The van der Waals surface area contributed by atoms with Crippen LogP contribution >= 0.6 is 0 Å². The lowest BCUT2D eigenvalue weighted by molar-refractivity contribution is -0.0537. The van der Waals surface area contributed by atoms with Gasteiger partial charge in [0.25, 0.3) is 0 Å². The fourth-order valence-electron chi connectivity index (χ4n) is 2.13. The van der Waals surface area contributed by atoms with Crippen molar-refractivity contribution in [2.45, 2.75) is 38.0 Å². The van der Waals surface area contributed by atoms with Crippen molar-refractivity contribution < 1.29 is 19.1 Å². The van der Waals surface area contributed by atoms with Gasteiger partial charge >= 0.3 is 6.03 Å². The van der Waals surface area contributed by atoms with Gasteiger partial charge in [0.2, 0.25) is 0 Å². The molecule has 2 amide bonds. The third-order valence-electron chi connectivity index (χ3n) is 3.31. The van der Waals surface area contributed by atoms with Crippen molar-refractivity contribution >= 4 is 6.03 Å². The number of ether oxygens (including phenoxy) is 1. The molecule has 1 saturated heterocycles. The molecule has 0 spiro atoms. The molecule has 2 rings (SSSR count). The van der Waals surface area contributed by atoms with Crippen LogP contribution < -0.4 is 5.73 Å². The molecule has 0 aliphatic carbocycles. The smallest absolute Gasteiger partial charge is 0.339 e. The molecule has 3 atom stereocenters. The Labute approximate surface area is 122 Å². The van der Waals surface area contributed by atoms with E-state index in [2.05, 4.69) is 11.8 Å². The molecule has 1 aromatic carbocycles. The second-order valence-corrected chi connectivity index (χ2v) is 4.89. The topological polar surface area (TPSA) is 75.8 Å². The lowest BCUT2D eigenvalue weighted by Gasteiger charge is -2.15. The van der Waals surface area contributed by atoms with Gasteiger partial charge < -0.3 is 10.5 Å². The summed E-state index contributed by atoms with van der Waals surface area (Å²) >= 11 is 0. The molecule has 0 bridgehead atoms. The summed E-state index contributed by atoms with van der Waals surface area (Å²) in [6.07, 6.45) is 1.15. The van der Waals surface area contributed by atoms with Crippen LogP contribution in [0.1, 0.15) is 31.4 Å². The van der Waals surface area contributed by atoms with E-state index in [9.17, 15) is 14.4 Å². The van der Waals surface area contributed by atoms with Gasteiger partial charge in [0.05, 0.1) is 6.10 Å². The molecule has 0 aromatic heterocycles. The highest BCUT2D eigenvalue weighted by Crippen LogP contribution is 2.32.